The Kier molecular flexibility index (Phi) is 5.09. The van der Waals surface area contributed by atoms with E-state index in [4.69, 9.17) is 22.1 Å². The van der Waals surface area contributed by atoms with E-state index in [9.17, 15) is 0 Å². The Morgan fingerprint density at radius 1 is 1.35 bits per heavy atom. The fourth-order valence-corrected chi connectivity index (χ4v) is 1.93. The van der Waals surface area contributed by atoms with E-state index in [2.05, 4.69) is 15.0 Å². The lowest BCUT2D eigenvalue weighted by molar-refractivity contribution is 0.204. The van der Waals surface area contributed by atoms with Crippen LogP contribution in [-0.2, 0) is 11.3 Å². The number of aromatic nitrogens is 3. The lowest BCUT2D eigenvalue weighted by Gasteiger charge is -2.23. The maximum Gasteiger partial charge on any atom is 0.223 e. The van der Waals surface area contributed by atoms with E-state index in [1.165, 1.54) is 0 Å². The van der Waals surface area contributed by atoms with Crippen LogP contribution in [0, 0.1) is 0 Å². The summed E-state index contributed by atoms with van der Waals surface area (Å²) in [4.78, 5) is 14.4. The zero-order valence-corrected chi connectivity index (χ0v) is 11.9. The third-order valence-corrected chi connectivity index (χ3v) is 2.86. The van der Waals surface area contributed by atoms with Crippen LogP contribution in [0.5, 0.6) is 0 Å². The van der Waals surface area contributed by atoms with Gasteiger partial charge >= 0.3 is 0 Å². The third kappa shape index (κ3) is 4.04. The highest BCUT2D eigenvalue weighted by Crippen LogP contribution is 2.18. The van der Waals surface area contributed by atoms with Gasteiger partial charge in [0.05, 0.1) is 18.8 Å². The van der Waals surface area contributed by atoms with Gasteiger partial charge in [-0.1, -0.05) is 17.7 Å². The normalized spacial score (nSPS) is 10.5. The molecule has 0 aliphatic carbocycles. The van der Waals surface area contributed by atoms with E-state index in [1.807, 2.05) is 23.1 Å². The van der Waals surface area contributed by atoms with Gasteiger partial charge in [-0.25, -0.2) is 4.98 Å². The molecule has 0 aliphatic heterocycles. The number of ether oxygens (including phenoxy) is 1. The molecule has 2 aromatic heterocycles. The SMILES string of the molecule is COCCN(Cc1ccccn1)c1cc(Cl)nc(N)n1. The number of methoxy groups -OCH3 is 1. The molecule has 106 valence electrons. The quantitative estimate of drug-likeness (QED) is 0.818. The summed E-state index contributed by atoms with van der Waals surface area (Å²) in [5, 5.41) is 0.316. The Morgan fingerprint density at radius 2 is 2.20 bits per heavy atom. The minimum absolute atomic E-state index is 0.149. The number of nitrogen functional groups attached to an aromatic ring is 1. The Balaban J connectivity index is 2.22. The fourth-order valence-electron chi connectivity index (χ4n) is 1.75. The molecule has 2 aromatic rings. The van der Waals surface area contributed by atoms with Crippen molar-refractivity contribution >= 4 is 23.4 Å². The second-order valence-electron chi connectivity index (χ2n) is 4.14. The number of hydrogen-bond acceptors (Lipinski definition) is 6. The first-order valence-corrected chi connectivity index (χ1v) is 6.50. The van der Waals surface area contributed by atoms with E-state index in [1.54, 1.807) is 19.4 Å². The minimum Gasteiger partial charge on any atom is -0.383 e. The number of nitrogens with two attached hydrogens (primary N) is 1. The van der Waals surface area contributed by atoms with Crippen molar-refractivity contribution in [1.29, 1.82) is 0 Å². The number of hydrogen-bond donors (Lipinski definition) is 1. The van der Waals surface area contributed by atoms with Crippen LogP contribution < -0.4 is 10.6 Å². The van der Waals surface area contributed by atoms with Crippen molar-refractivity contribution < 1.29 is 4.74 Å². The van der Waals surface area contributed by atoms with Gasteiger partial charge in [0.25, 0.3) is 0 Å². The molecule has 0 fully saturated rings. The second-order valence-corrected chi connectivity index (χ2v) is 4.53. The summed E-state index contributed by atoms with van der Waals surface area (Å²) in [7, 11) is 1.65. The smallest absolute Gasteiger partial charge is 0.223 e. The van der Waals surface area contributed by atoms with Crippen LogP contribution in [0.25, 0.3) is 0 Å². The van der Waals surface area contributed by atoms with Gasteiger partial charge in [-0.3, -0.25) is 4.98 Å². The first-order valence-electron chi connectivity index (χ1n) is 6.13. The molecule has 0 spiro atoms. The molecule has 0 aliphatic rings. The molecule has 2 rings (SSSR count). The summed E-state index contributed by atoms with van der Waals surface area (Å²) in [6, 6.07) is 7.45. The Hall–Kier alpha value is -1.92. The average molecular weight is 294 g/mol. The molecule has 2 N–H and O–H groups in total. The van der Waals surface area contributed by atoms with E-state index in [0.717, 1.165) is 5.69 Å². The molecule has 2 heterocycles. The molecular formula is C13H16ClN5O. The van der Waals surface area contributed by atoms with Gasteiger partial charge in [0.1, 0.15) is 11.0 Å². The largest absolute Gasteiger partial charge is 0.383 e. The van der Waals surface area contributed by atoms with Crippen molar-refractivity contribution in [3.05, 3.63) is 41.3 Å². The van der Waals surface area contributed by atoms with Gasteiger partial charge in [-0.05, 0) is 12.1 Å². The summed E-state index contributed by atoms with van der Waals surface area (Å²) >= 11 is 5.93. The number of halogens is 1. The summed E-state index contributed by atoms with van der Waals surface area (Å²) in [5.74, 6) is 0.807. The maximum absolute atomic E-state index is 5.93. The number of pyridine rings is 1. The van der Waals surface area contributed by atoms with Crippen molar-refractivity contribution in [2.75, 3.05) is 30.9 Å². The van der Waals surface area contributed by atoms with Crippen LogP contribution in [-0.4, -0.2) is 35.2 Å². The molecule has 6 nitrogen and oxygen atoms in total. The van der Waals surface area contributed by atoms with Crippen LogP contribution in [0.15, 0.2) is 30.5 Å². The molecule has 0 bridgehead atoms. The molecule has 0 saturated heterocycles. The van der Waals surface area contributed by atoms with E-state index in [-0.39, 0.29) is 5.95 Å². The topological polar surface area (TPSA) is 77.2 Å². The molecule has 0 aromatic carbocycles. The highest BCUT2D eigenvalue weighted by molar-refractivity contribution is 6.29. The predicted octanol–water partition coefficient (Wildman–Crippen LogP) is 1.76. The first kappa shape index (κ1) is 14.5. The van der Waals surface area contributed by atoms with Crippen molar-refractivity contribution in [3.63, 3.8) is 0 Å². The number of anilines is 2. The lowest BCUT2D eigenvalue weighted by Crippen LogP contribution is -2.28. The van der Waals surface area contributed by atoms with E-state index < -0.39 is 0 Å². The summed E-state index contributed by atoms with van der Waals surface area (Å²) < 4.78 is 5.12. The van der Waals surface area contributed by atoms with E-state index >= 15 is 0 Å². The van der Waals surface area contributed by atoms with Gasteiger partial charge in [0, 0.05) is 25.9 Å². The fraction of sp³-hybridized carbons (Fsp3) is 0.308. The summed E-state index contributed by atoms with van der Waals surface area (Å²) in [6.45, 7) is 1.81. The molecule has 0 atom stereocenters. The first-order chi connectivity index (χ1) is 9.69. The van der Waals surface area contributed by atoms with Crippen LogP contribution in [0.1, 0.15) is 5.69 Å². The number of nitrogens with zero attached hydrogens (tertiary/aromatic N) is 4. The third-order valence-electron chi connectivity index (χ3n) is 2.67. The van der Waals surface area contributed by atoms with Gasteiger partial charge in [-0.2, -0.15) is 4.98 Å². The van der Waals surface area contributed by atoms with Crippen LogP contribution in [0.2, 0.25) is 5.15 Å². The molecule has 0 saturated carbocycles. The maximum atomic E-state index is 5.93. The van der Waals surface area contributed by atoms with Crippen LogP contribution in [0.4, 0.5) is 11.8 Å². The summed E-state index contributed by atoms with van der Waals surface area (Å²) in [6.07, 6.45) is 1.76. The van der Waals surface area contributed by atoms with Crippen molar-refractivity contribution in [2.24, 2.45) is 0 Å². The lowest BCUT2D eigenvalue weighted by atomic mass is 10.3. The second kappa shape index (κ2) is 7.02. The molecule has 0 radical (unpaired) electrons. The monoisotopic (exact) mass is 293 g/mol. The van der Waals surface area contributed by atoms with Crippen molar-refractivity contribution in [1.82, 2.24) is 15.0 Å². The summed E-state index contributed by atoms with van der Waals surface area (Å²) in [5.41, 5.74) is 6.57. The molecule has 20 heavy (non-hydrogen) atoms. The molecule has 0 unspecified atom stereocenters. The van der Waals surface area contributed by atoms with Crippen molar-refractivity contribution in [2.45, 2.75) is 6.54 Å². The van der Waals surface area contributed by atoms with Gasteiger partial charge in [0.15, 0.2) is 0 Å². The Morgan fingerprint density at radius 3 is 2.85 bits per heavy atom. The highest BCUT2D eigenvalue weighted by atomic mass is 35.5. The molecule has 0 amide bonds. The van der Waals surface area contributed by atoms with Crippen LogP contribution in [0.3, 0.4) is 0 Å². The highest BCUT2D eigenvalue weighted by Gasteiger charge is 2.11. The predicted molar refractivity (Wildman–Crippen MR) is 78.6 cm³/mol. The Bertz CT molecular complexity index is 531. The van der Waals surface area contributed by atoms with E-state index in [0.29, 0.717) is 30.7 Å². The zero-order chi connectivity index (χ0) is 14.4. The molecule has 7 heteroatoms. The number of rotatable bonds is 6. The Labute approximate surface area is 122 Å². The van der Waals surface area contributed by atoms with Gasteiger partial charge < -0.3 is 15.4 Å². The molecular weight excluding hydrogens is 278 g/mol. The minimum atomic E-state index is 0.149. The van der Waals surface area contributed by atoms with Crippen LogP contribution >= 0.6 is 11.6 Å². The van der Waals surface area contributed by atoms with Crippen molar-refractivity contribution in [3.8, 4) is 0 Å². The average Bonchev–Trinajstić information content (AvgIpc) is 2.43. The standard InChI is InChI=1S/C13H16ClN5O/c1-20-7-6-19(9-10-4-2-3-5-16-10)12-8-11(14)17-13(15)18-12/h2-5,8H,6-7,9H2,1H3,(H2,15,17,18). The van der Waals surface area contributed by atoms with Gasteiger partial charge in [0.2, 0.25) is 5.95 Å². The van der Waals surface area contributed by atoms with Gasteiger partial charge in [-0.15, -0.1) is 0 Å². The zero-order valence-electron chi connectivity index (χ0n) is 11.2.